The van der Waals surface area contributed by atoms with Gasteiger partial charge in [-0.3, -0.25) is 14.4 Å². The third-order valence-electron chi connectivity index (χ3n) is 3.79. The van der Waals surface area contributed by atoms with Crippen LogP contribution in [0.5, 0.6) is 0 Å². The number of carbonyl (C=O) groups is 3. The van der Waals surface area contributed by atoms with E-state index in [9.17, 15) is 14.4 Å². The van der Waals surface area contributed by atoms with Crippen molar-refractivity contribution < 1.29 is 19.1 Å². The molecule has 2 aromatic rings. The van der Waals surface area contributed by atoms with Gasteiger partial charge in [0, 0.05) is 12.0 Å². The van der Waals surface area contributed by atoms with Crippen molar-refractivity contribution >= 4 is 34.0 Å². The second-order valence-electron chi connectivity index (χ2n) is 5.71. The molecule has 1 aromatic heterocycles. The van der Waals surface area contributed by atoms with Gasteiger partial charge in [-0.2, -0.15) is 5.26 Å². The Morgan fingerprint density at radius 3 is 2.62 bits per heavy atom. The quantitative estimate of drug-likeness (QED) is 0.595. The lowest BCUT2D eigenvalue weighted by Crippen LogP contribution is -2.21. The van der Waals surface area contributed by atoms with E-state index in [1.165, 1.54) is 11.3 Å². The Kier molecular flexibility index (Phi) is 6.64. The predicted octanol–water partition coefficient (Wildman–Crippen LogP) is 3.38. The van der Waals surface area contributed by atoms with Crippen LogP contribution in [0.3, 0.4) is 0 Å². The van der Waals surface area contributed by atoms with Crippen LogP contribution in [0.1, 0.15) is 39.9 Å². The van der Waals surface area contributed by atoms with Crippen molar-refractivity contribution in [3.63, 3.8) is 0 Å². The number of ketones is 1. The van der Waals surface area contributed by atoms with Crippen LogP contribution in [0.4, 0.5) is 5.00 Å². The Morgan fingerprint density at radius 2 is 1.92 bits per heavy atom. The number of hydrogen-bond acceptors (Lipinski definition) is 6. The van der Waals surface area contributed by atoms with Crippen molar-refractivity contribution in [3.05, 3.63) is 51.9 Å². The van der Waals surface area contributed by atoms with Crippen molar-refractivity contribution in [3.8, 4) is 6.07 Å². The number of amides is 1. The van der Waals surface area contributed by atoms with E-state index >= 15 is 0 Å². The van der Waals surface area contributed by atoms with Gasteiger partial charge in [0.25, 0.3) is 5.91 Å². The molecule has 134 valence electrons. The normalized spacial score (nSPS) is 10.0. The van der Waals surface area contributed by atoms with Gasteiger partial charge >= 0.3 is 5.97 Å². The number of thiophene rings is 1. The number of esters is 1. The van der Waals surface area contributed by atoms with Crippen molar-refractivity contribution in [1.82, 2.24) is 0 Å². The van der Waals surface area contributed by atoms with Gasteiger partial charge in [0.05, 0.1) is 12.0 Å². The summed E-state index contributed by atoms with van der Waals surface area (Å²) in [7, 11) is 0. The molecule has 0 radical (unpaired) electrons. The Balaban J connectivity index is 1.76. The van der Waals surface area contributed by atoms with Crippen molar-refractivity contribution in [2.24, 2.45) is 0 Å². The molecule has 1 amide bonds. The van der Waals surface area contributed by atoms with E-state index in [4.69, 9.17) is 10.00 Å². The molecule has 0 aliphatic carbocycles. The first-order chi connectivity index (χ1) is 12.4. The number of rotatable bonds is 7. The van der Waals surface area contributed by atoms with Crippen LogP contribution in [0, 0.1) is 25.2 Å². The fraction of sp³-hybridized carbons (Fsp3) is 0.263. The lowest BCUT2D eigenvalue weighted by molar-refractivity contribution is -0.147. The smallest absolute Gasteiger partial charge is 0.306 e. The molecule has 6 nitrogen and oxygen atoms in total. The molecule has 0 atom stereocenters. The van der Waals surface area contributed by atoms with Gasteiger partial charge in [-0.1, -0.05) is 12.1 Å². The van der Waals surface area contributed by atoms with Crippen molar-refractivity contribution in [1.29, 1.82) is 5.26 Å². The summed E-state index contributed by atoms with van der Waals surface area (Å²) in [6, 6.07) is 8.94. The molecule has 26 heavy (non-hydrogen) atoms. The molecule has 0 unspecified atom stereocenters. The summed E-state index contributed by atoms with van der Waals surface area (Å²) in [5.41, 5.74) is 3.02. The lowest BCUT2D eigenvalue weighted by atomic mass is 10.0. The molecule has 1 N–H and O–H groups in total. The highest BCUT2D eigenvalue weighted by atomic mass is 32.1. The number of benzene rings is 1. The number of anilines is 1. The van der Waals surface area contributed by atoms with Gasteiger partial charge in [0.15, 0.2) is 12.4 Å². The zero-order valence-electron chi connectivity index (χ0n) is 14.5. The zero-order chi connectivity index (χ0) is 19.1. The molecule has 1 aromatic carbocycles. The number of Topliss-reactive ketones (excluding diaryl/α,β-unsaturated/α-hetero) is 1. The molecule has 7 heteroatoms. The van der Waals surface area contributed by atoms with Gasteiger partial charge in [0.1, 0.15) is 11.1 Å². The Morgan fingerprint density at radius 1 is 1.15 bits per heavy atom. The Hall–Kier alpha value is -2.98. The van der Waals surface area contributed by atoms with Gasteiger partial charge in [-0.25, -0.2) is 0 Å². The molecule has 0 saturated carbocycles. The van der Waals surface area contributed by atoms with E-state index in [2.05, 4.69) is 5.32 Å². The van der Waals surface area contributed by atoms with E-state index in [0.717, 1.165) is 11.1 Å². The number of ether oxygens (including phenoxy) is 1. The van der Waals surface area contributed by atoms with Crippen LogP contribution >= 0.6 is 11.3 Å². The number of nitrogens with zero attached hydrogens (tertiary/aromatic N) is 1. The van der Waals surface area contributed by atoms with E-state index < -0.39 is 18.5 Å². The van der Waals surface area contributed by atoms with Crippen LogP contribution in [0.2, 0.25) is 0 Å². The minimum Gasteiger partial charge on any atom is -0.456 e. The summed E-state index contributed by atoms with van der Waals surface area (Å²) in [5, 5.41) is 13.5. The Bertz CT molecular complexity index is 880. The number of aryl methyl sites for hydroxylation is 2. The largest absolute Gasteiger partial charge is 0.456 e. The monoisotopic (exact) mass is 370 g/mol. The number of hydrogen-bond donors (Lipinski definition) is 1. The first-order valence-electron chi connectivity index (χ1n) is 7.94. The maximum absolute atomic E-state index is 12.1. The van der Waals surface area contributed by atoms with Gasteiger partial charge < -0.3 is 10.1 Å². The summed E-state index contributed by atoms with van der Waals surface area (Å²) in [4.78, 5) is 35.6. The molecule has 0 aliphatic rings. The second kappa shape index (κ2) is 8.92. The standard InChI is InChI=1S/C19H18N2O4S/c1-12-3-4-14(9-13(12)2)16(22)5-6-18(24)25-11-17(23)21-19-15(10-20)7-8-26-19/h3-4,7-9H,5-6,11H2,1-2H3,(H,21,23). The highest BCUT2D eigenvalue weighted by Gasteiger charge is 2.13. The molecule has 2 rings (SSSR count). The summed E-state index contributed by atoms with van der Waals surface area (Å²) in [5.74, 6) is -1.30. The minimum absolute atomic E-state index is 0.0203. The van der Waals surface area contributed by atoms with Crippen LogP contribution in [0.15, 0.2) is 29.6 Å². The van der Waals surface area contributed by atoms with Crippen molar-refractivity contribution in [2.75, 3.05) is 11.9 Å². The molecule has 0 fully saturated rings. The van der Waals surface area contributed by atoms with E-state index in [0.29, 0.717) is 16.1 Å². The molecule has 0 saturated heterocycles. The van der Waals surface area contributed by atoms with Crippen LogP contribution in [0.25, 0.3) is 0 Å². The van der Waals surface area contributed by atoms with Gasteiger partial charge in [0.2, 0.25) is 0 Å². The summed E-state index contributed by atoms with van der Waals surface area (Å²) in [6.07, 6.45) is -0.0755. The maximum atomic E-state index is 12.1. The number of nitrogens with one attached hydrogen (secondary N) is 1. The first-order valence-corrected chi connectivity index (χ1v) is 8.82. The topological polar surface area (TPSA) is 96.3 Å². The second-order valence-corrected chi connectivity index (χ2v) is 6.62. The van der Waals surface area contributed by atoms with E-state index in [1.54, 1.807) is 23.6 Å². The lowest BCUT2D eigenvalue weighted by Gasteiger charge is -2.06. The third kappa shape index (κ3) is 5.26. The molecular weight excluding hydrogens is 352 g/mol. The Labute approximate surface area is 155 Å². The SMILES string of the molecule is Cc1ccc(C(=O)CCC(=O)OCC(=O)Nc2sccc2C#N)cc1C. The fourth-order valence-corrected chi connectivity index (χ4v) is 2.90. The molecule has 0 bridgehead atoms. The van der Waals surface area contributed by atoms with Gasteiger partial charge in [-0.05, 0) is 42.5 Å². The van der Waals surface area contributed by atoms with E-state index in [1.807, 2.05) is 26.0 Å². The van der Waals surface area contributed by atoms with Gasteiger partial charge in [-0.15, -0.1) is 11.3 Å². The molecule has 0 aliphatic heterocycles. The molecule has 1 heterocycles. The fourth-order valence-electron chi connectivity index (χ4n) is 2.15. The summed E-state index contributed by atoms with van der Waals surface area (Å²) in [6.45, 7) is 3.42. The number of nitriles is 1. The highest BCUT2D eigenvalue weighted by Crippen LogP contribution is 2.21. The molecular formula is C19H18N2O4S. The maximum Gasteiger partial charge on any atom is 0.306 e. The van der Waals surface area contributed by atoms with Crippen molar-refractivity contribution in [2.45, 2.75) is 26.7 Å². The average molecular weight is 370 g/mol. The van der Waals surface area contributed by atoms with Crippen LogP contribution in [-0.2, 0) is 14.3 Å². The molecule has 0 spiro atoms. The highest BCUT2D eigenvalue weighted by molar-refractivity contribution is 7.14. The predicted molar refractivity (Wildman–Crippen MR) is 98.1 cm³/mol. The summed E-state index contributed by atoms with van der Waals surface area (Å²) < 4.78 is 4.87. The van der Waals surface area contributed by atoms with E-state index in [-0.39, 0.29) is 18.6 Å². The third-order valence-corrected chi connectivity index (χ3v) is 4.62. The van der Waals surface area contributed by atoms with Crippen LogP contribution < -0.4 is 5.32 Å². The average Bonchev–Trinajstić information content (AvgIpc) is 3.07. The number of carbonyl (C=O) groups excluding carboxylic acids is 3. The summed E-state index contributed by atoms with van der Waals surface area (Å²) >= 11 is 1.21. The van der Waals surface area contributed by atoms with Crippen LogP contribution in [-0.4, -0.2) is 24.3 Å². The first kappa shape index (κ1) is 19.3. The zero-order valence-corrected chi connectivity index (χ0v) is 15.3. The minimum atomic E-state index is -0.621.